The summed E-state index contributed by atoms with van der Waals surface area (Å²) >= 11 is 5.90. The monoisotopic (exact) mass is 290 g/mol. The normalized spacial score (nSPS) is 10.1. The van der Waals surface area contributed by atoms with Gasteiger partial charge in [0, 0.05) is 17.6 Å². The van der Waals surface area contributed by atoms with Gasteiger partial charge in [-0.15, -0.1) is 0 Å². The van der Waals surface area contributed by atoms with E-state index >= 15 is 0 Å². The average Bonchev–Trinajstić information content (AvgIpc) is 2.45. The van der Waals surface area contributed by atoms with Crippen molar-refractivity contribution in [3.05, 3.63) is 58.6 Å². The summed E-state index contributed by atoms with van der Waals surface area (Å²) < 4.78 is 5.63. The number of halogens is 1. The zero-order valence-corrected chi connectivity index (χ0v) is 11.8. The second-order valence-corrected chi connectivity index (χ2v) is 4.69. The Labute approximate surface area is 122 Å². The Kier molecular flexibility index (Phi) is 4.48. The van der Waals surface area contributed by atoms with E-state index in [0.717, 1.165) is 5.56 Å². The first-order valence-electron chi connectivity index (χ1n) is 6.09. The number of ether oxygens (including phenoxy) is 1. The van der Waals surface area contributed by atoms with Gasteiger partial charge >= 0.3 is 0 Å². The third kappa shape index (κ3) is 3.42. The predicted octanol–water partition coefficient (Wildman–Crippen LogP) is 2.86. The van der Waals surface area contributed by atoms with Gasteiger partial charge in [0.2, 0.25) is 0 Å². The number of benzene rings is 2. The number of rotatable bonds is 4. The highest BCUT2D eigenvalue weighted by Gasteiger charge is 2.07. The number of nitrogens with one attached hydrogen (secondary N) is 1. The standard InChI is InChI=1S/C15H15ClN2O2/c1-18-15(19)11-5-6-14(13(17)8-11)20-9-10-3-2-4-12(16)7-10/h2-8H,9,17H2,1H3,(H,18,19). The Bertz CT molecular complexity index is 629. The van der Waals surface area contributed by atoms with E-state index in [-0.39, 0.29) is 5.91 Å². The third-order valence-electron chi connectivity index (χ3n) is 2.78. The van der Waals surface area contributed by atoms with E-state index in [1.165, 1.54) is 0 Å². The number of carbonyl (C=O) groups is 1. The molecular weight excluding hydrogens is 276 g/mol. The lowest BCUT2D eigenvalue weighted by Crippen LogP contribution is -2.17. The first-order chi connectivity index (χ1) is 9.60. The fourth-order valence-electron chi connectivity index (χ4n) is 1.75. The maximum Gasteiger partial charge on any atom is 0.251 e. The molecule has 0 radical (unpaired) electrons. The molecule has 0 spiro atoms. The molecule has 0 saturated heterocycles. The van der Waals surface area contributed by atoms with Gasteiger partial charge in [-0.25, -0.2) is 0 Å². The minimum absolute atomic E-state index is 0.182. The van der Waals surface area contributed by atoms with Crippen molar-refractivity contribution in [2.24, 2.45) is 0 Å². The van der Waals surface area contributed by atoms with Crippen LogP contribution in [0.2, 0.25) is 5.02 Å². The lowest BCUT2D eigenvalue weighted by atomic mass is 10.1. The van der Waals surface area contributed by atoms with Gasteiger partial charge < -0.3 is 15.8 Å². The molecule has 0 saturated carbocycles. The van der Waals surface area contributed by atoms with Crippen LogP contribution in [0.1, 0.15) is 15.9 Å². The molecule has 20 heavy (non-hydrogen) atoms. The van der Waals surface area contributed by atoms with Crippen molar-refractivity contribution in [1.29, 1.82) is 0 Å². The maximum atomic E-state index is 11.5. The number of carbonyl (C=O) groups excluding carboxylic acids is 1. The summed E-state index contributed by atoms with van der Waals surface area (Å²) in [6.07, 6.45) is 0. The highest BCUT2D eigenvalue weighted by molar-refractivity contribution is 6.30. The molecule has 5 heteroatoms. The van der Waals surface area contributed by atoms with E-state index in [4.69, 9.17) is 22.1 Å². The topological polar surface area (TPSA) is 64.3 Å². The number of anilines is 1. The molecule has 0 atom stereocenters. The molecular formula is C15H15ClN2O2. The van der Waals surface area contributed by atoms with E-state index in [0.29, 0.717) is 28.6 Å². The molecule has 0 unspecified atom stereocenters. The van der Waals surface area contributed by atoms with E-state index in [9.17, 15) is 4.79 Å². The largest absolute Gasteiger partial charge is 0.487 e. The summed E-state index contributed by atoms with van der Waals surface area (Å²) in [5.41, 5.74) is 7.75. The Morgan fingerprint density at radius 2 is 2.10 bits per heavy atom. The van der Waals surface area contributed by atoms with Gasteiger partial charge in [0.05, 0.1) is 5.69 Å². The van der Waals surface area contributed by atoms with Crippen molar-refractivity contribution < 1.29 is 9.53 Å². The van der Waals surface area contributed by atoms with Gasteiger partial charge in [0.25, 0.3) is 5.91 Å². The molecule has 0 fully saturated rings. The number of amides is 1. The summed E-state index contributed by atoms with van der Waals surface area (Å²) in [5, 5.41) is 3.20. The van der Waals surface area contributed by atoms with Crippen molar-refractivity contribution in [2.45, 2.75) is 6.61 Å². The van der Waals surface area contributed by atoms with Crippen LogP contribution < -0.4 is 15.8 Å². The SMILES string of the molecule is CNC(=O)c1ccc(OCc2cccc(Cl)c2)c(N)c1. The summed E-state index contributed by atoms with van der Waals surface area (Å²) in [4.78, 5) is 11.5. The second-order valence-electron chi connectivity index (χ2n) is 4.25. The minimum Gasteiger partial charge on any atom is -0.487 e. The van der Waals surface area contributed by atoms with Gasteiger partial charge in [0.1, 0.15) is 12.4 Å². The predicted molar refractivity (Wildman–Crippen MR) is 80.0 cm³/mol. The van der Waals surface area contributed by atoms with Crippen LogP contribution in [0.4, 0.5) is 5.69 Å². The van der Waals surface area contributed by atoms with E-state index < -0.39 is 0 Å². The van der Waals surface area contributed by atoms with Crippen LogP contribution in [-0.4, -0.2) is 13.0 Å². The molecule has 0 aromatic heterocycles. The molecule has 0 heterocycles. The Balaban J connectivity index is 2.08. The van der Waals surface area contributed by atoms with Crippen molar-refractivity contribution in [1.82, 2.24) is 5.32 Å². The number of hydrogen-bond donors (Lipinski definition) is 2. The zero-order valence-electron chi connectivity index (χ0n) is 11.0. The minimum atomic E-state index is -0.182. The van der Waals surface area contributed by atoms with Gasteiger partial charge in [-0.3, -0.25) is 4.79 Å². The highest BCUT2D eigenvalue weighted by Crippen LogP contribution is 2.24. The van der Waals surface area contributed by atoms with Crippen LogP contribution in [0.15, 0.2) is 42.5 Å². The number of nitrogen functional groups attached to an aromatic ring is 1. The van der Waals surface area contributed by atoms with Crippen LogP contribution in [0.5, 0.6) is 5.75 Å². The zero-order chi connectivity index (χ0) is 14.5. The van der Waals surface area contributed by atoms with Crippen LogP contribution in [0, 0.1) is 0 Å². The second kappa shape index (κ2) is 6.30. The smallest absolute Gasteiger partial charge is 0.251 e. The molecule has 0 aliphatic heterocycles. The molecule has 2 aromatic carbocycles. The van der Waals surface area contributed by atoms with Crippen LogP contribution >= 0.6 is 11.6 Å². The molecule has 0 aliphatic carbocycles. The molecule has 104 valence electrons. The fraction of sp³-hybridized carbons (Fsp3) is 0.133. The van der Waals surface area contributed by atoms with Crippen LogP contribution in [0.25, 0.3) is 0 Å². The van der Waals surface area contributed by atoms with Gasteiger partial charge in [-0.05, 0) is 35.9 Å². The molecule has 2 aromatic rings. The third-order valence-corrected chi connectivity index (χ3v) is 3.02. The van der Waals surface area contributed by atoms with Crippen molar-refractivity contribution >= 4 is 23.2 Å². The quantitative estimate of drug-likeness (QED) is 0.851. The van der Waals surface area contributed by atoms with E-state index in [1.54, 1.807) is 31.3 Å². The maximum absolute atomic E-state index is 11.5. The summed E-state index contributed by atoms with van der Waals surface area (Å²) in [6.45, 7) is 0.365. The molecule has 0 aliphatic rings. The van der Waals surface area contributed by atoms with Crippen LogP contribution in [0.3, 0.4) is 0 Å². The summed E-state index contributed by atoms with van der Waals surface area (Å²) in [7, 11) is 1.57. The van der Waals surface area contributed by atoms with Crippen molar-refractivity contribution in [2.75, 3.05) is 12.8 Å². The fourth-order valence-corrected chi connectivity index (χ4v) is 1.97. The van der Waals surface area contributed by atoms with Gasteiger partial charge in [-0.1, -0.05) is 23.7 Å². The van der Waals surface area contributed by atoms with Gasteiger partial charge in [0.15, 0.2) is 0 Å². The average molecular weight is 291 g/mol. The summed E-state index contributed by atoms with van der Waals surface area (Å²) in [5.74, 6) is 0.357. The molecule has 0 bridgehead atoms. The number of nitrogens with two attached hydrogens (primary N) is 1. The van der Waals surface area contributed by atoms with E-state index in [2.05, 4.69) is 5.32 Å². The van der Waals surface area contributed by atoms with Crippen molar-refractivity contribution in [3.63, 3.8) is 0 Å². The lowest BCUT2D eigenvalue weighted by molar-refractivity contribution is 0.0963. The molecule has 2 rings (SSSR count). The number of hydrogen-bond acceptors (Lipinski definition) is 3. The summed E-state index contributed by atoms with van der Waals surface area (Å²) in [6, 6.07) is 12.4. The highest BCUT2D eigenvalue weighted by atomic mass is 35.5. The molecule has 3 N–H and O–H groups in total. The van der Waals surface area contributed by atoms with Crippen LogP contribution in [-0.2, 0) is 6.61 Å². The van der Waals surface area contributed by atoms with Crippen molar-refractivity contribution in [3.8, 4) is 5.75 Å². The molecule has 1 amide bonds. The lowest BCUT2D eigenvalue weighted by Gasteiger charge is -2.10. The first kappa shape index (κ1) is 14.2. The van der Waals surface area contributed by atoms with E-state index in [1.807, 2.05) is 18.2 Å². The first-order valence-corrected chi connectivity index (χ1v) is 6.47. The Hall–Kier alpha value is -2.20. The molecule has 4 nitrogen and oxygen atoms in total. The Morgan fingerprint density at radius 1 is 1.30 bits per heavy atom. The van der Waals surface area contributed by atoms with Gasteiger partial charge in [-0.2, -0.15) is 0 Å². The Morgan fingerprint density at radius 3 is 2.75 bits per heavy atom.